The second-order valence-corrected chi connectivity index (χ2v) is 17.5. The highest BCUT2D eigenvalue weighted by molar-refractivity contribution is 6.21. The first kappa shape index (κ1) is 36.2. The Balaban J connectivity index is 1.07. The third kappa shape index (κ3) is 5.93. The summed E-state index contributed by atoms with van der Waals surface area (Å²) in [5.41, 5.74) is 15.1. The second kappa shape index (κ2) is 14.4. The van der Waals surface area contributed by atoms with Gasteiger partial charge in [-0.2, -0.15) is 0 Å². The van der Waals surface area contributed by atoms with Gasteiger partial charge in [0, 0.05) is 32.9 Å². The van der Waals surface area contributed by atoms with E-state index in [0.29, 0.717) is 11.8 Å². The zero-order chi connectivity index (χ0) is 40.5. The third-order valence-electron chi connectivity index (χ3n) is 12.5. The molecule has 9 aromatic carbocycles. The van der Waals surface area contributed by atoms with Crippen LogP contribution in [0.15, 0.2) is 182 Å². The molecule has 0 N–H and O–H groups in total. The van der Waals surface area contributed by atoms with Gasteiger partial charge in [0.25, 0.3) is 0 Å². The fourth-order valence-corrected chi connectivity index (χ4v) is 10.1. The van der Waals surface area contributed by atoms with Crippen molar-refractivity contribution in [3.8, 4) is 33.6 Å². The van der Waals surface area contributed by atoms with Gasteiger partial charge in [-0.05, 0) is 140 Å². The minimum absolute atomic E-state index is 0.606. The summed E-state index contributed by atoms with van der Waals surface area (Å²) in [6.45, 7) is 9.23. The maximum absolute atomic E-state index is 2.49. The molecule has 0 saturated carbocycles. The SMILES string of the molecule is CC(C)Cc1ccc2c(c1)c1cc(CC(C)C)ccc1n2-c1ccc2c(c1)c1ccccc1n2-c1ccc(-c2c3ccccc3c(-c3ccccc3)c3ccccc23)cc1. The van der Waals surface area contributed by atoms with Crippen LogP contribution in [-0.4, -0.2) is 9.13 Å². The topological polar surface area (TPSA) is 9.86 Å². The Kier molecular flexibility index (Phi) is 8.71. The van der Waals surface area contributed by atoms with Crippen LogP contribution in [0.5, 0.6) is 0 Å². The van der Waals surface area contributed by atoms with Crippen molar-refractivity contribution in [3.05, 3.63) is 193 Å². The Morgan fingerprint density at radius 1 is 0.317 bits per heavy atom. The number of para-hydroxylation sites is 1. The van der Waals surface area contributed by atoms with E-state index >= 15 is 0 Å². The van der Waals surface area contributed by atoms with Crippen LogP contribution < -0.4 is 0 Å². The summed E-state index contributed by atoms with van der Waals surface area (Å²) >= 11 is 0. The van der Waals surface area contributed by atoms with Gasteiger partial charge in [-0.1, -0.05) is 149 Å². The monoisotopic (exact) mass is 772 g/mol. The van der Waals surface area contributed by atoms with Gasteiger partial charge >= 0.3 is 0 Å². The zero-order valence-corrected chi connectivity index (χ0v) is 34.8. The summed E-state index contributed by atoms with van der Waals surface area (Å²) in [7, 11) is 0. The number of nitrogens with zero attached hydrogens (tertiary/aromatic N) is 2. The predicted molar refractivity (Wildman–Crippen MR) is 258 cm³/mol. The molecule has 0 amide bonds. The molecule has 0 fully saturated rings. The molecule has 0 unspecified atom stereocenters. The highest BCUT2D eigenvalue weighted by Gasteiger charge is 2.20. The first-order chi connectivity index (χ1) is 29.4. The maximum atomic E-state index is 2.49. The van der Waals surface area contributed by atoms with Crippen LogP contribution in [0.3, 0.4) is 0 Å². The Bertz CT molecular complexity index is 3290. The lowest BCUT2D eigenvalue weighted by molar-refractivity contribution is 0.647. The summed E-state index contributed by atoms with van der Waals surface area (Å²) in [5, 5.41) is 10.3. The lowest BCUT2D eigenvalue weighted by atomic mass is 9.86. The molecule has 290 valence electrons. The van der Waals surface area contributed by atoms with E-state index in [4.69, 9.17) is 0 Å². The molecule has 2 heterocycles. The smallest absolute Gasteiger partial charge is 0.0542 e. The molecule has 2 nitrogen and oxygen atoms in total. The van der Waals surface area contributed by atoms with Crippen molar-refractivity contribution in [2.45, 2.75) is 40.5 Å². The van der Waals surface area contributed by atoms with E-state index in [1.807, 2.05) is 0 Å². The van der Waals surface area contributed by atoms with Crippen LogP contribution in [0.1, 0.15) is 38.8 Å². The Labute approximate surface area is 352 Å². The summed E-state index contributed by atoms with van der Waals surface area (Å²) in [6.07, 6.45) is 2.16. The minimum Gasteiger partial charge on any atom is -0.309 e. The molecule has 2 heteroatoms. The highest BCUT2D eigenvalue weighted by atomic mass is 15.0. The molecule has 60 heavy (non-hydrogen) atoms. The summed E-state index contributed by atoms with van der Waals surface area (Å²) in [5.74, 6) is 1.21. The fourth-order valence-electron chi connectivity index (χ4n) is 10.1. The van der Waals surface area contributed by atoms with Crippen molar-refractivity contribution in [1.82, 2.24) is 9.13 Å². The molecular formula is C58H48N2. The Morgan fingerprint density at radius 2 is 0.700 bits per heavy atom. The van der Waals surface area contributed by atoms with E-state index in [0.717, 1.165) is 18.5 Å². The number of benzene rings is 9. The zero-order valence-electron chi connectivity index (χ0n) is 34.8. The molecule has 2 aromatic heterocycles. The Morgan fingerprint density at radius 3 is 1.22 bits per heavy atom. The van der Waals surface area contributed by atoms with E-state index in [1.54, 1.807) is 0 Å². The van der Waals surface area contributed by atoms with Crippen LogP contribution in [-0.2, 0) is 12.8 Å². The van der Waals surface area contributed by atoms with Gasteiger partial charge in [0.2, 0.25) is 0 Å². The van der Waals surface area contributed by atoms with E-state index < -0.39 is 0 Å². The van der Waals surface area contributed by atoms with Crippen LogP contribution in [0, 0.1) is 11.8 Å². The first-order valence-corrected chi connectivity index (χ1v) is 21.6. The van der Waals surface area contributed by atoms with Gasteiger partial charge in [0.05, 0.1) is 22.1 Å². The van der Waals surface area contributed by atoms with Crippen LogP contribution >= 0.6 is 0 Å². The quantitative estimate of drug-likeness (QED) is 0.136. The van der Waals surface area contributed by atoms with Crippen LogP contribution in [0.2, 0.25) is 0 Å². The molecular weight excluding hydrogens is 725 g/mol. The van der Waals surface area contributed by atoms with Crippen molar-refractivity contribution < 1.29 is 0 Å². The van der Waals surface area contributed by atoms with Gasteiger partial charge in [-0.15, -0.1) is 0 Å². The summed E-state index contributed by atoms with van der Waals surface area (Å²) in [4.78, 5) is 0. The lowest BCUT2D eigenvalue weighted by Crippen LogP contribution is -1.97. The lowest BCUT2D eigenvalue weighted by Gasteiger charge is -2.18. The number of hydrogen-bond donors (Lipinski definition) is 0. The number of rotatable bonds is 8. The van der Waals surface area contributed by atoms with Gasteiger partial charge < -0.3 is 9.13 Å². The number of fused-ring (bicyclic) bond motifs is 8. The molecule has 0 aliphatic carbocycles. The van der Waals surface area contributed by atoms with Crippen LogP contribution in [0.25, 0.3) is 98.8 Å². The molecule has 0 bridgehead atoms. The maximum Gasteiger partial charge on any atom is 0.0542 e. The molecule has 0 radical (unpaired) electrons. The molecule has 11 aromatic rings. The standard InChI is InChI=1S/C58H48N2/c1-37(2)32-39-22-29-54-50(34-39)51-35-40(33-38(3)4)23-30-55(51)60(54)44-28-31-56-52(36-44)45-16-12-13-21-53(45)59(56)43-26-24-42(25-27-43)58-48-19-10-8-17-46(48)57(41-14-6-5-7-15-41)47-18-9-11-20-49(47)58/h5-31,34-38H,32-33H2,1-4H3. The Hall–Kier alpha value is -6.90. The van der Waals surface area contributed by atoms with Crippen molar-refractivity contribution in [2.75, 3.05) is 0 Å². The van der Waals surface area contributed by atoms with Crippen molar-refractivity contribution in [1.29, 1.82) is 0 Å². The largest absolute Gasteiger partial charge is 0.309 e. The minimum atomic E-state index is 0.606. The first-order valence-electron chi connectivity index (χ1n) is 21.6. The van der Waals surface area contributed by atoms with E-state index in [-0.39, 0.29) is 0 Å². The van der Waals surface area contributed by atoms with Gasteiger partial charge in [-0.25, -0.2) is 0 Å². The van der Waals surface area contributed by atoms with E-state index in [9.17, 15) is 0 Å². The molecule has 0 saturated heterocycles. The average molecular weight is 773 g/mol. The van der Waals surface area contributed by atoms with Gasteiger partial charge in [0.1, 0.15) is 0 Å². The van der Waals surface area contributed by atoms with Crippen molar-refractivity contribution in [3.63, 3.8) is 0 Å². The van der Waals surface area contributed by atoms with E-state index in [2.05, 4.69) is 219 Å². The average Bonchev–Trinajstić information content (AvgIpc) is 3.77. The summed E-state index contributed by atoms with van der Waals surface area (Å²) < 4.78 is 4.93. The number of hydrogen-bond acceptors (Lipinski definition) is 0. The highest BCUT2D eigenvalue weighted by Crippen LogP contribution is 2.44. The number of aromatic nitrogens is 2. The fraction of sp³-hybridized carbons (Fsp3) is 0.138. The molecule has 11 rings (SSSR count). The van der Waals surface area contributed by atoms with E-state index in [1.165, 1.54) is 104 Å². The van der Waals surface area contributed by atoms with Gasteiger partial charge in [0.15, 0.2) is 0 Å². The normalized spacial score (nSPS) is 12.1. The molecule has 0 spiro atoms. The van der Waals surface area contributed by atoms with Crippen LogP contribution in [0.4, 0.5) is 0 Å². The third-order valence-corrected chi connectivity index (χ3v) is 12.5. The van der Waals surface area contributed by atoms with Crippen molar-refractivity contribution >= 4 is 65.2 Å². The summed E-state index contributed by atoms with van der Waals surface area (Å²) in [6, 6.07) is 68.1. The molecule has 0 aliphatic rings. The van der Waals surface area contributed by atoms with Gasteiger partial charge in [-0.3, -0.25) is 0 Å². The predicted octanol–water partition coefficient (Wildman–Crippen LogP) is 15.9. The van der Waals surface area contributed by atoms with Crippen molar-refractivity contribution in [2.24, 2.45) is 11.8 Å². The molecule has 0 aliphatic heterocycles. The second-order valence-electron chi connectivity index (χ2n) is 17.5. The molecule has 0 atom stereocenters.